The van der Waals surface area contributed by atoms with Crippen LogP contribution in [0.2, 0.25) is 0 Å². The van der Waals surface area contributed by atoms with E-state index in [0.717, 1.165) is 24.8 Å². The van der Waals surface area contributed by atoms with Gasteiger partial charge in [0, 0.05) is 12.5 Å². The third kappa shape index (κ3) is 3.68. The maximum Gasteiger partial charge on any atom is 0.223 e. The summed E-state index contributed by atoms with van der Waals surface area (Å²) in [6.07, 6.45) is 7.09. The largest absolute Gasteiger partial charge is 0.388 e. The van der Waals surface area contributed by atoms with Crippen molar-refractivity contribution in [2.24, 2.45) is 5.92 Å². The first kappa shape index (κ1) is 13.3. The molecule has 3 nitrogen and oxygen atoms in total. The summed E-state index contributed by atoms with van der Waals surface area (Å²) in [4.78, 5) is 11.8. The van der Waals surface area contributed by atoms with Crippen LogP contribution < -0.4 is 5.32 Å². The van der Waals surface area contributed by atoms with Crippen molar-refractivity contribution >= 4 is 17.2 Å². The van der Waals surface area contributed by atoms with Crippen molar-refractivity contribution in [1.29, 1.82) is 0 Å². The van der Waals surface area contributed by atoms with E-state index in [1.165, 1.54) is 0 Å². The quantitative estimate of drug-likeness (QED) is 0.804. The molecule has 18 heavy (non-hydrogen) atoms. The number of hydrogen-bond acceptors (Lipinski definition) is 3. The molecule has 4 heteroatoms. The third-order valence-electron chi connectivity index (χ3n) is 3.28. The lowest BCUT2D eigenvalue weighted by atomic mass is 9.93. The average Bonchev–Trinajstić information content (AvgIpc) is 2.93. The Hall–Kier alpha value is -1.13. The van der Waals surface area contributed by atoms with Crippen LogP contribution >= 0.6 is 11.3 Å². The summed E-state index contributed by atoms with van der Waals surface area (Å²) in [5, 5.41) is 16.7. The predicted molar refractivity (Wildman–Crippen MR) is 73.4 cm³/mol. The molecule has 0 spiro atoms. The predicted octanol–water partition coefficient (Wildman–Crippen LogP) is 2.64. The molecule has 0 aromatic carbocycles. The van der Waals surface area contributed by atoms with Gasteiger partial charge in [0.25, 0.3) is 0 Å². The van der Waals surface area contributed by atoms with Gasteiger partial charge in [-0.1, -0.05) is 12.2 Å². The highest BCUT2D eigenvalue weighted by Gasteiger charge is 2.18. The Morgan fingerprint density at radius 3 is 3.11 bits per heavy atom. The number of aliphatic hydroxyl groups excluding tert-OH is 1. The number of aliphatic hydroxyl groups is 1. The van der Waals surface area contributed by atoms with Crippen molar-refractivity contribution in [2.45, 2.75) is 31.8 Å². The minimum Gasteiger partial charge on any atom is -0.388 e. The summed E-state index contributed by atoms with van der Waals surface area (Å²) in [5.74, 6) is 0.241. The maximum atomic E-state index is 11.8. The zero-order valence-corrected chi connectivity index (χ0v) is 11.2. The number of rotatable bonds is 5. The highest BCUT2D eigenvalue weighted by atomic mass is 32.1. The summed E-state index contributed by atoms with van der Waals surface area (Å²) in [5.41, 5.74) is 0.940. The molecule has 0 aliphatic heterocycles. The van der Waals surface area contributed by atoms with E-state index in [2.05, 4.69) is 17.5 Å². The zero-order chi connectivity index (χ0) is 12.8. The molecule has 2 N–H and O–H groups in total. The standard InChI is InChI=1S/C14H19NO2S/c16-13(12-7-9-18-10-12)6-8-15-14(17)11-4-2-1-3-5-11/h1-2,7,9-11,13,16H,3-6,8H2,(H,15,17)/t11-,13-/m0/s1. The van der Waals surface area contributed by atoms with Crippen molar-refractivity contribution < 1.29 is 9.90 Å². The van der Waals surface area contributed by atoms with E-state index >= 15 is 0 Å². The Kier molecular flexibility index (Phi) is 4.96. The van der Waals surface area contributed by atoms with Gasteiger partial charge in [0.15, 0.2) is 0 Å². The number of amides is 1. The van der Waals surface area contributed by atoms with Crippen LogP contribution in [0.1, 0.15) is 37.4 Å². The van der Waals surface area contributed by atoms with Crippen molar-refractivity contribution in [3.8, 4) is 0 Å². The molecule has 0 saturated carbocycles. The summed E-state index contributed by atoms with van der Waals surface area (Å²) < 4.78 is 0. The normalized spacial score (nSPS) is 20.6. The van der Waals surface area contributed by atoms with Gasteiger partial charge in [-0.3, -0.25) is 4.79 Å². The number of hydrogen-bond donors (Lipinski definition) is 2. The smallest absolute Gasteiger partial charge is 0.223 e. The summed E-state index contributed by atoms with van der Waals surface area (Å²) in [6, 6.07) is 1.92. The van der Waals surface area contributed by atoms with E-state index in [4.69, 9.17) is 0 Å². The molecule has 1 aromatic heterocycles. The van der Waals surface area contributed by atoms with Crippen LogP contribution in [0.4, 0.5) is 0 Å². The molecule has 1 heterocycles. The van der Waals surface area contributed by atoms with Crippen LogP contribution in [0.15, 0.2) is 29.0 Å². The summed E-state index contributed by atoms with van der Waals surface area (Å²) in [7, 11) is 0. The molecule has 1 aliphatic rings. The molecule has 1 amide bonds. The van der Waals surface area contributed by atoms with E-state index in [1.54, 1.807) is 11.3 Å². The first-order valence-electron chi connectivity index (χ1n) is 6.40. The Bertz CT molecular complexity index is 400. The highest BCUT2D eigenvalue weighted by molar-refractivity contribution is 7.07. The average molecular weight is 265 g/mol. The van der Waals surface area contributed by atoms with E-state index < -0.39 is 6.10 Å². The Morgan fingerprint density at radius 2 is 2.44 bits per heavy atom. The fourth-order valence-electron chi connectivity index (χ4n) is 2.14. The first-order chi connectivity index (χ1) is 8.77. The molecule has 1 aromatic rings. The number of carbonyl (C=O) groups is 1. The summed E-state index contributed by atoms with van der Waals surface area (Å²) >= 11 is 1.58. The maximum absolute atomic E-state index is 11.8. The number of thiophene rings is 1. The van der Waals surface area contributed by atoms with E-state index in [0.29, 0.717) is 13.0 Å². The highest BCUT2D eigenvalue weighted by Crippen LogP contribution is 2.20. The Morgan fingerprint density at radius 1 is 1.56 bits per heavy atom. The van der Waals surface area contributed by atoms with Crippen LogP contribution in [-0.4, -0.2) is 17.6 Å². The molecule has 2 atom stereocenters. The molecule has 0 unspecified atom stereocenters. The van der Waals surface area contributed by atoms with Crippen molar-refractivity contribution in [1.82, 2.24) is 5.32 Å². The molecular weight excluding hydrogens is 246 g/mol. The van der Waals surface area contributed by atoms with Crippen molar-refractivity contribution in [2.75, 3.05) is 6.54 Å². The minimum atomic E-state index is -0.470. The lowest BCUT2D eigenvalue weighted by molar-refractivity contribution is -0.125. The van der Waals surface area contributed by atoms with Gasteiger partial charge < -0.3 is 10.4 Å². The van der Waals surface area contributed by atoms with Crippen LogP contribution in [0, 0.1) is 5.92 Å². The molecule has 98 valence electrons. The second-order valence-electron chi connectivity index (χ2n) is 4.63. The molecule has 0 bridgehead atoms. The number of carbonyl (C=O) groups excluding carboxylic acids is 1. The SMILES string of the molecule is O=C(NCC[C@H](O)c1ccsc1)[C@H]1CC=CCC1. The Labute approximate surface area is 112 Å². The molecular formula is C14H19NO2S. The molecule has 0 saturated heterocycles. The zero-order valence-electron chi connectivity index (χ0n) is 10.3. The van der Waals surface area contributed by atoms with Gasteiger partial charge in [-0.2, -0.15) is 11.3 Å². The molecule has 1 aliphatic carbocycles. The topological polar surface area (TPSA) is 49.3 Å². The van der Waals surface area contributed by atoms with E-state index in [-0.39, 0.29) is 11.8 Å². The van der Waals surface area contributed by atoms with Crippen LogP contribution in [0.25, 0.3) is 0 Å². The van der Waals surface area contributed by atoms with E-state index in [1.807, 2.05) is 16.8 Å². The Balaban J connectivity index is 1.68. The molecule has 0 radical (unpaired) electrons. The number of nitrogens with one attached hydrogen (secondary N) is 1. The first-order valence-corrected chi connectivity index (χ1v) is 7.34. The van der Waals surface area contributed by atoms with Gasteiger partial charge in [-0.05, 0) is 48.1 Å². The van der Waals surface area contributed by atoms with Gasteiger partial charge in [-0.25, -0.2) is 0 Å². The minimum absolute atomic E-state index is 0.119. The van der Waals surface area contributed by atoms with Gasteiger partial charge in [0.1, 0.15) is 0 Å². The summed E-state index contributed by atoms with van der Waals surface area (Å²) in [6.45, 7) is 0.538. The van der Waals surface area contributed by atoms with Crippen LogP contribution in [0.3, 0.4) is 0 Å². The molecule has 2 rings (SSSR count). The molecule has 0 fully saturated rings. The van der Waals surface area contributed by atoms with Gasteiger partial charge in [-0.15, -0.1) is 0 Å². The third-order valence-corrected chi connectivity index (χ3v) is 3.99. The van der Waals surface area contributed by atoms with E-state index in [9.17, 15) is 9.90 Å². The van der Waals surface area contributed by atoms with Crippen LogP contribution in [0.5, 0.6) is 0 Å². The second-order valence-corrected chi connectivity index (χ2v) is 5.41. The van der Waals surface area contributed by atoms with Gasteiger partial charge in [0.2, 0.25) is 5.91 Å². The van der Waals surface area contributed by atoms with Gasteiger partial charge >= 0.3 is 0 Å². The monoisotopic (exact) mass is 265 g/mol. The lowest BCUT2D eigenvalue weighted by Gasteiger charge is -2.17. The second kappa shape index (κ2) is 6.71. The number of allylic oxidation sites excluding steroid dienone is 2. The van der Waals surface area contributed by atoms with Crippen molar-refractivity contribution in [3.63, 3.8) is 0 Å². The lowest BCUT2D eigenvalue weighted by Crippen LogP contribution is -2.32. The fraction of sp³-hybridized carbons (Fsp3) is 0.500. The van der Waals surface area contributed by atoms with Gasteiger partial charge in [0.05, 0.1) is 6.10 Å². The van der Waals surface area contributed by atoms with Crippen LogP contribution in [-0.2, 0) is 4.79 Å². The fourth-order valence-corrected chi connectivity index (χ4v) is 2.85. The van der Waals surface area contributed by atoms with Crippen molar-refractivity contribution in [3.05, 3.63) is 34.5 Å².